The predicted molar refractivity (Wildman–Crippen MR) is 172 cm³/mol. The van der Waals surface area contributed by atoms with Gasteiger partial charge in [0.2, 0.25) is 0 Å². The van der Waals surface area contributed by atoms with Crippen LogP contribution < -0.4 is 10.1 Å². The third kappa shape index (κ3) is 8.16. The van der Waals surface area contributed by atoms with Gasteiger partial charge < -0.3 is 24.6 Å². The Morgan fingerprint density at radius 3 is 2.15 bits per heavy atom. The van der Waals surface area contributed by atoms with Gasteiger partial charge in [-0.25, -0.2) is 0 Å². The number of aliphatic hydroxyl groups is 1. The monoisotopic (exact) mass is 569 g/mol. The van der Waals surface area contributed by atoms with Crippen LogP contribution >= 0.6 is 0 Å². The minimum atomic E-state index is -0.741. The van der Waals surface area contributed by atoms with Gasteiger partial charge in [0.15, 0.2) is 0 Å². The van der Waals surface area contributed by atoms with Crippen molar-refractivity contribution in [3.8, 4) is 5.75 Å². The first kappa shape index (κ1) is 34.9. The van der Waals surface area contributed by atoms with Crippen LogP contribution in [0, 0.1) is 18.8 Å². The van der Waals surface area contributed by atoms with Crippen LogP contribution in [-0.2, 0) is 12.0 Å². The molecular weight excluding hydrogens is 510 g/mol. The van der Waals surface area contributed by atoms with Gasteiger partial charge >= 0.3 is 0 Å². The van der Waals surface area contributed by atoms with Crippen molar-refractivity contribution in [3.05, 3.63) is 52.8 Å². The quantitative estimate of drug-likeness (QED) is 0.186. The highest BCUT2D eigenvalue weighted by molar-refractivity contribution is 5.93. The molecule has 41 heavy (non-hydrogen) atoms. The van der Waals surface area contributed by atoms with Gasteiger partial charge in [0.05, 0.1) is 12.2 Å². The first-order chi connectivity index (χ1) is 19.4. The largest absolute Gasteiger partial charge is 0.493 e. The molecular formula is C35H59N3O3. The molecule has 1 heterocycles. The fourth-order valence-electron chi connectivity index (χ4n) is 6.27. The Bertz CT molecular complexity index is 1070. The summed E-state index contributed by atoms with van der Waals surface area (Å²) < 4.78 is 8.29. The second-order valence-corrected chi connectivity index (χ2v) is 12.2. The number of amides is 1. The lowest BCUT2D eigenvalue weighted by atomic mass is 9.71. The van der Waals surface area contributed by atoms with Crippen LogP contribution in [-0.4, -0.2) is 58.9 Å². The average molecular weight is 570 g/mol. The molecule has 0 aliphatic rings. The Balaban J connectivity index is 2.25. The SMILES string of the molecule is CCN(CC)CCCNC(=O)c1cc(C(CC)(CC)c2ccc(OCCC(O)(C(C)C)C(C)C)c(C)c2)cn1CC. The molecule has 0 unspecified atom stereocenters. The molecule has 1 aromatic carbocycles. The smallest absolute Gasteiger partial charge is 0.267 e. The van der Waals surface area contributed by atoms with Crippen molar-refractivity contribution in [1.82, 2.24) is 14.8 Å². The van der Waals surface area contributed by atoms with Crippen molar-refractivity contribution in [2.45, 2.75) is 112 Å². The molecule has 0 saturated carbocycles. The van der Waals surface area contributed by atoms with Gasteiger partial charge in [0, 0.05) is 31.1 Å². The average Bonchev–Trinajstić information content (AvgIpc) is 3.39. The van der Waals surface area contributed by atoms with Crippen molar-refractivity contribution < 1.29 is 14.6 Å². The lowest BCUT2D eigenvalue weighted by molar-refractivity contribution is -0.0614. The molecule has 6 nitrogen and oxygen atoms in total. The first-order valence-electron chi connectivity index (χ1n) is 16.1. The molecule has 232 valence electrons. The lowest BCUT2D eigenvalue weighted by Crippen LogP contribution is -2.42. The Morgan fingerprint density at radius 2 is 1.63 bits per heavy atom. The number of carbonyl (C=O) groups excluding carboxylic acids is 1. The highest BCUT2D eigenvalue weighted by Crippen LogP contribution is 2.41. The number of rotatable bonds is 18. The third-order valence-corrected chi connectivity index (χ3v) is 9.55. The van der Waals surface area contributed by atoms with E-state index in [2.05, 4.69) is 114 Å². The van der Waals surface area contributed by atoms with Crippen LogP contribution in [0.2, 0.25) is 0 Å². The molecule has 0 radical (unpaired) electrons. The van der Waals surface area contributed by atoms with Gasteiger partial charge in [0.1, 0.15) is 11.4 Å². The normalized spacial score (nSPS) is 12.5. The molecule has 0 saturated heterocycles. The fourth-order valence-corrected chi connectivity index (χ4v) is 6.27. The number of aromatic nitrogens is 1. The Kier molecular flexibility index (Phi) is 13.4. The zero-order valence-corrected chi connectivity index (χ0v) is 27.8. The van der Waals surface area contributed by atoms with E-state index in [4.69, 9.17) is 4.74 Å². The number of ether oxygens (including phenoxy) is 1. The number of aryl methyl sites for hydroxylation is 2. The van der Waals surface area contributed by atoms with Gasteiger partial charge in [-0.3, -0.25) is 4.79 Å². The number of nitrogens with zero attached hydrogens (tertiary/aromatic N) is 2. The second-order valence-electron chi connectivity index (χ2n) is 12.2. The maximum atomic E-state index is 13.2. The molecule has 6 heteroatoms. The van der Waals surface area contributed by atoms with E-state index in [-0.39, 0.29) is 23.2 Å². The molecule has 2 rings (SSSR count). The molecule has 2 aromatic rings. The number of hydrogen-bond donors (Lipinski definition) is 2. The Morgan fingerprint density at radius 1 is 1.00 bits per heavy atom. The van der Waals surface area contributed by atoms with E-state index in [1.54, 1.807) is 0 Å². The summed E-state index contributed by atoms with van der Waals surface area (Å²) in [4.78, 5) is 15.6. The van der Waals surface area contributed by atoms with E-state index in [9.17, 15) is 9.90 Å². The highest BCUT2D eigenvalue weighted by atomic mass is 16.5. The number of benzene rings is 1. The fraction of sp³-hybridized carbons (Fsp3) is 0.686. The zero-order valence-electron chi connectivity index (χ0n) is 27.8. The summed E-state index contributed by atoms with van der Waals surface area (Å²) in [7, 11) is 0. The maximum Gasteiger partial charge on any atom is 0.267 e. The summed E-state index contributed by atoms with van der Waals surface area (Å²) >= 11 is 0. The standard InChI is InChI=1S/C35H59N3O3/c1-11-34(12-2,29-17-18-32(28(10)23-29)41-22-19-35(40,26(6)7)27(8)9)30-24-31(38(15-5)25-30)33(39)36-20-16-21-37(13-3)14-4/h17-18,23-27,40H,11-16,19-22H2,1-10H3,(H,36,39). The molecule has 0 aliphatic heterocycles. The van der Waals surface area contributed by atoms with E-state index >= 15 is 0 Å². The van der Waals surface area contributed by atoms with E-state index in [1.807, 2.05) is 0 Å². The van der Waals surface area contributed by atoms with E-state index in [0.717, 1.165) is 62.4 Å². The minimum Gasteiger partial charge on any atom is -0.493 e. The predicted octanol–water partition coefficient (Wildman–Crippen LogP) is 7.20. The molecule has 1 amide bonds. The van der Waals surface area contributed by atoms with Gasteiger partial charge in [-0.05, 0) is 93.4 Å². The number of carbonyl (C=O) groups is 1. The topological polar surface area (TPSA) is 66.7 Å². The lowest BCUT2D eigenvalue weighted by Gasteiger charge is -2.36. The third-order valence-electron chi connectivity index (χ3n) is 9.55. The van der Waals surface area contributed by atoms with Crippen molar-refractivity contribution in [1.29, 1.82) is 0 Å². The molecule has 2 N–H and O–H groups in total. The summed E-state index contributed by atoms with van der Waals surface area (Å²) in [5.74, 6) is 1.19. The van der Waals surface area contributed by atoms with Crippen LogP contribution in [0.1, 0.15) is 115 Å². The second kappa shape index (κ2) is 15.8. The maximum absolute atomic E-state index is 13.2. The molecule has 0 fully saturated rings. The van der Waals surface area contributed by atoms with Crippen LogP contribution in [0.3, 0.4) is 0 Å². The Labute approximate surface area is 250 Å². The first-order valence-corrected chi connectivity index (χ1v) is 16.1. The Hall–Kier alpha value is -2.31. The van der Waals surface area contributed by atoms with Crippen LogP contribution in [0.4, 0.5) is 0 Å². The molecule has 1 aromatic heterocycles. The van der Waals surface area contributed by atoms with Crippen LogP contribution in [0.25, 0.3) is 0 Å². The van der Waals surface area contributed by atoms with E-state index in [0.29, 0.717) is 19.6 Å². The molecule has 0 spiro atoms. The zero-order chi connectivity index (χ0) is 30.8. The van der Waals surface area contributed by atoms with Crippen LogP contribution in [0.15, 0.2) is 30.5 Å². The van der Waals surface area contributed by atoms with Gasteiger partial charge in [0.25, 0.3) is 5.91 Å². The van der Waals surface area contributed by atoms with Gasteiger partial charge in [-0.1, -0.05) is 67.5 Å². The van der Waals surface area contributed by atoms with Crippen molar-refractivity contribution in [2.75, 3.05) is 32.8 Å². The number of hydrogen-bond acceptors (Lipinski definition) is 4. The summed E-state index contributed by atoms with van der Waals surface area (Å²) in [6, 6.07) is 8.61. The summed E-state index contributed by atoms with van der Waals surface area (Å²) in [5, 5.41) is 14.3. The molecule has 0 atom stereocenters. The van der Waals surface area contributed by atoms with Crippen molar-refractivity contribution in [3.63, 3.8) is 0 Å². The summed E-state index contributed by atoms with van der Waals surface area (Å²) in [5.41, 5.74) is 3.31. The van der Waals surface area contributed by atoms with Crippen LogP contribution in [0.5, 0.6) is 5.75 Å². The summed E-state index contributed by atoms with van der Waals surface area (Å²) in [6.07, 6.45) is 5.58. The van der Waals surface area contributed by atoms with E-state index < -0.39 is 5.60 Å². The van der Waals surface area contributed by atoms with E-state index in [1.165, 1.54) is 11.1 Å². The highest BCUT2D eigenvalue weighted by Gasteiger charge is 2.35. The van der Waals surface area contributed by atoms with Gasteiger partial charge in [-0.2, -0.15) is 0 Å². The van der Waals surface area contributed by atoms with Crippen molar-refractivity contribution >= 4 is 5.91 Å². The number of nitrogens with one attached hydrogen (secondary N) is 1. The molecule has 0 bridgehead atoms. The summed E-state index contributed by atoms with van der Waals surface area (Å²) in [6.45, 7) is 26.3. The molecule has 0 aliphatic carbocycles. The van der Waals surface area contributed by atoms with Gasteiger partial charge in [-0.15, -0.1) is 0 Å². The minimum absolute atomic E-state index is 0.00133. The van der Waals surface area contributed by atoms with Crippen molar-refractivity contribution in [2.24, 2.45) is 11.8 Å².